The van der Waals surface area contributed by atoms with Gasteiger partial charge in [0.1, 0.15) is 0 Å². The van der Waals surface area contributed by atoms with E-state index >= 15 is 0 Å². The van der Waals surface area contributed by atoms with E-state index in [2.05, 4.69) is 16.7 Å². The van der Waals surface area contributed by atoms with Crippen LogP contribution in [0.1, 0.15) is 21.5 Å². The van der Waals surface area contributed by atoms with Gasteiger partial charge in [-0.15, -0.1) is 0 Å². The zero-order valence-corrected chi connectivity index (χ0v) is 16.8. The Morgan fingerprint density at radius 1 is 0.900 bits per heavy atom. The molecule has 0 unspecified atom stereocenters. The summed E-state index contributed by atoms with van der Waals surface area (Å²) in [7, 11) is 0. The van der Waals surface area contributed by atoms with Gasteiger partial charge >= 0.3 is 0 Å². The van der Waals surface area contributed by atoms with Crippen molar-refractivity contribution in [2.75, 3.05) is 29.9 Å². The van der Waals surface area contributed by atoms with Crippen molar-refractivity contribution in [1.29, 1.82) is 0 Å². The molecule has 1 heterocycles. The molecule has 0 saturated carbocycles. The maximum Gasteiger partial charge on any atom is 0.258 e. The molecule has 0 radical (unpaired) electrons. The normalized spacial score (nSPS) is 12.3. The van der Waals surface area contributed by atoms with Crippen LogP contribution in [-0.2, 0) is 17.6 Å². The van der Waals surface area contributed by atoms with Crippen LogP contribution in [-0.4, -0.2) is 31.4 Å². The molecule has 0 aromatic heterocycles. The third-order valence-corrected chi connectivity index (χ3v) is 5.27. The number of anilines is 2. The van der Waals surface area contributed by atoms with Crippen molar-refractivity contribution < 1.29 is 9.59 Å². The second-order valence-electron chi connectivity index (χ2n) is 7.36. The Kier molecular flexibility index (Phi) is 6.09. The first-order valence-electron chi connectivity index (χ1n) is 10.2. The first-order chi connectivity index (χ1) is 14.7. The molecule has 2 N–H and O–H groups in total. The van der Waals surface area contributed by atoms with Crippen molar-refractivity contribution in [2.45, 2.75) is 12.8 Å². The predicted octanol–water partition coefficient (Wildman–Crippen LogP) is 3.66. The summed E-state index contributed by atoms with van der Waals surface area (Å²) in [6.07, 6.45) is 1.68. The standard InChI is InChI=1S/C25H25N3O2/c29-24(26-15-13-19-7-2-1-3-8-19)18-27-22-11-6-10-21(17-22)25(30)28-16-14-20-9-4-5-12-23(20)28/h1-12,17,27H,13-16,18H2,(H,26,29). The van der Waals surface area contributed by atoms with Crippen LogP contribution in [0.4, 0.5) is 11.4 Å². The van der Waals surface area contributed by atoms with Gasteiger partial charge < -0.3 is 15.5 Å². The van der Waals surface area contributed by atoms with E-state index < -0.39 is 0 Å². The Balaban J connectivity index is 1.30. The van der Waals surface area contributed by atoms with Crippen molar-refractivity contribution in [3.05, 3.63) is 95.6 Å². The third kappa shape index (κ3) is 4.69. The van der Waals surface area contributed by atoms with E-state index in [1.807, 2.05) is 71.6 Å². The smallest absolute Gasteiger partial charge is 0.258 e. The number of nitrogens with zero attached hydrogens (tertiary/aromatic N) is 1. The van der Waals surface area contributed by atoms with E-state index in [9.17, 15) is 9.59 Å². The first-order valence-corrected chi connectivity index (χ1v) is 10.2. The van der Waals surface area contributed by atoms with Crippen LogP contribution in [0.15, 0.2) is 78.9 Å². The molecule has 0 spiro atoms. The van der Waals surface area contributed by atoms with E-state index in [0.29, 0.717) is 18.7 Å². The fourth-order valence-electron chi connectivity index (χ4n) is 3.70. The first kappa shape index (κ1) is 19.7. The maximum atomic E-state index is 13.0. The zero-order chi connectivity index (χ0) is 20.8. The molecule has 3 aromatic carbocycles. The zero-order valence-electron chi connectivity index (χ0n) is 16.8. The average molecular weight is 399 g/mol. The van der Waals surface area contributed by atoms with Crippen molar-refractivity contribution in [1.82, 2.24) is 5.32 Å². The number of para-hydroxylation sites is 1. The molecule has 3 aromatic rings. The number of hydrogen-bond acceptors (Lipinski definition) is 3. The highest BCUT2D eigenvalue weighted by atomic mass is 16.2. The molecular formula is C25H25N3O2. The van der Waals surface area contributed by atoms with Gasteiger partial charge in [-0.3, -0.25) is 9.59 Å². The van der Waals surface area contributed by atoms with Crippen LogP contribution in [0.5, 0.6) is 0 Å². The lowest BCUT2D eigenvalue weighted by Crippen LogP contribution is -2.31. The molecule has 4 rings (SSSR count). The van der Waals surface area contributed by atoms with E-state index in [0.717, 1.165) is 24.2 Å². The van der Waals surface area contributed by atoms with Crippen LogP contribution < -0.4 is 15.5 Å². The van der Waals surface area contributed by atoms with Crippen LogP contribution in [0, 0.1) is 0 Å². The van der Waals surface area contributed by atoms with Crippen LogP contribution >= 0.6 is 0 Å². The molecule has 2 amide bonds. The second-order valence-corrected chi connectivity index (χ2v) is 7.36. The van der Waals surface area contributed by atoms with Gasteiger partial charge in [0.2, 0.25) is 5.91 Å². The molecule has 30 heavy (non-hydrogen) atoms. The average Bonchev–Trinajstić information content (AvgIpc) is 3.22. The van der Waals surface area contributed by atoms with Gasteiger partial charge in [-0.2, -0.15) is 0 Å². The van der Waals surface area contributed by atoms with E-state index in [1.165, 1.54) is 11.1 Å². The Morgan fingerprint density at radius 3 is 2.57 bits per heavy atom. The molecule has 1 aliphatic rings. The summed E-state index contributed by atoms with van der Waals surface area (Å²) in [6.45, 7) is 1.45. The lowest BCUT2D eigenvalue weighted by atomic mass is 10.1. The van der Waals surface area contributed by atoms with Crippen molar-refractivity contribution in [3.8, 4) is 0 Å². The summed E-state index contributed by atoms with van der Waals surface area (Å²) >= 11 is 0. The SMILES string of the molecule is O=C(CNc1cccc(C(=O)N2CCc3ccccc32)c1)NCCc1ccccc1. The number of amides is 2. The minimum Gasteiger partial charge on any atom is -0.376 e. The molecule has 5 nitrogen and oxygen atoms in total. The van der Waals surface area contributed by atoms with Gasteiger partial charge in [0.25, 0.3) is 5.91 Å². The lowest BCUT2D eigenvalue weighted by Gasteiger charge is -2.18. The molecule has 5 heteroatoms. The van der Waals surface area contributed by atoms with Gasteiger partial charge in [-0.05, 0) is 48.2 Å². The number of benzene rings is 3. The molecule has 0 aliphatic carbocycles. The predicted molar refractivity (Wildman–Crippen MR) is 120 cm³/mol. The Bertz CT molecular complexity index is 1030. The summed E-state index contributed by atoms with van der Waals surface area (Å²) in [5.74, 6) is -0.0907. The fraction of sp³-hybridized carbons (Fsp3) is 0.200. The molecular weight excluding hydrogens is 374 g/mol. The lowest BCUT2D eigenvalue weighted by molar-refractivity contribution is -0.119. The highest BCUT2D eigenvalue weighted by molar-refractivity contribution is 6.07. The van der Waals surface area contributed by atoms with Gasteiger partial charge in [-0.25, -0.2) is 0 Å². The third-order valence-electron chi connectivity index (χ3n) is 5.27. The Morgan fingerprint density at radius 2 is 1.70 bits per heavy atom. The molecule has 0 fully saturated rings. The van der Waals surface area contributed by atoms with E-state index in [4.69, 9.17) is 0 Å². The van der Waals surface area contributed by atoms with Crippen LogP contribution in [0.25, 0.3) is 0 Å². The van der Waals surface area contributed by atoms with E-state index in [-0.39, 0.29) is 18.4 Å². The van der Waals surface area contributed by atoms with Gasteiger partial charge in [0.15, 0.2) is 0 Å². The van der Waals surface area contributed by atoms with E-state index in [1.54, 1.807) is 6.07 Å². The number of hydrogen-bond donors (Lipinski definition) is 2. The highest BCUT2D eigenvalue weighted by Crippen LogP contribution is 2.29. The highest BCUT2D eigenvalue weighted by Gasteiger charge is 2.25. The maximum absolute atomic E-state index is 13.0. The minimum absolute atomic E-state index is 0.0177. The number of rotatable bonds is 7. The topological polar surface area (TPSA) is 61.4 Å². The summed E-state index contributed by atoms with van der Waals surface area (Å²) in [5.41, 5.74) is 4.75. The van der Waals surface area contributed by atoms with Crippen molar-refractivity contribution in [2.24, 2.45) is 0 Å². The van der Waals surface area contributed by atoms with Crippen LogP contribution in [0.3, 0.4) is 0 Å². The van der Waals surface area contributed by atoms with Gasteiger partial charge in [0.05, 0.1) is 6.54 Å². The van der Waals surface area contributed by atoms with Crippen molar-refractivity contribution in [3.63, 3.8) is 0 Å². The summed E-state index contributed by atoms with van der Waals surface area (Å²) in [6, 6.07) is 25.4. The molecule has 1 aliphatic heterocycles. The van der Waals surface area contributed by atoms with Crippen molar-refractivity contribution >= 4 is 23.2 Å². The summed E-state index contributed by atoms with van der Waals surface area (Å²) in [5, 5.41) is 6.03. The summed E-state index contributed by atoms with van der Waals surface area (Å²) < 4.78 is 0. The molecule has 0 saturated heterocycles. The monoisotopic (exact) mass is 399 g/mol. The second kappa shape index (κ2) is 9.27. The number of fused-ring (bicyclic) bond motifs is 1. The van der Waals surface area contributed by atoms with Crippen LogP contribution in [0.2, 0.25) is 0 Å². The minimum atomic E-state index is -0.0730. The number of nitrogens with one attached hydrogen (secondary N) is 2. The number of carbonyl (C=O) groups excluding carboxylic acids is 2. The Hall–Kier alpha value is -3.60. The number of carbonyl (C=O) groups is 2. The quantitative estimate of drug-likeness (QED) is 0.637. The Labute approximate surface area is 176 Å². The molecule has 0 atom stereocenters. The largest absolute Gasteiger partial charge is 0.376 e. The molecule has 0 bridgehead atoms. The summed E-state index contributed by atoms with van der Waals surface area (Å²) in [4.78, 5) is 26.9. The van der Waals surface area contributed by atoms with Gasteiger partial charge in [-0.1, -0.05) is 54.6 Å². The fourth-order valence-corrected chi connectivity index (χ4v) is 3.70. The van der Waals surface area contributed by atoms with Gasteiger partial charge in [0, 0.05) is 30.0 Å². The molecule has 152 valence electrons.